The molecule has 0 aliphatic carbocycles. The van der Waals surface area contributed by atoms with Crippen molar-refractivity contribution >= 4 is 61.2 Å². The summed E-state index contributed by atoms with van der Waals surface area (Å²) in [5.74, 6) is 0. The highest BCUT2D eigenvalue weighted by Crippen LogP contribution is 2.29. The van der Waals surface area contributed by atoms with E-state index in [1.165, 1.54) is 20.7 Å². The molecule has 0 fully saturated rings. The third-order valence-corrected chi connectivity index (χ3v) is 5.44. The van der Waals surface area contributed by atoms with Gasteiger partial charge in [0.05, 0.1) is 10.7 Å². The molecule has 0 atom stereocenters. The van der Waals surface area contributed by atoms with Gasteiger partial charge in [-0.15, -0.1) is 0 Å². The van der Waals surface area contributed by atoms with Crippen LogP contribution in [-0.4, -0.2) is 0 Å². The van der Waals surface area contributed by atoms with Crippen LogP contribution in [0.5, 0.6) is 0 Å². The Balaban J connectivity index is 2.56. The summed E-state index contributed by atoms with van der Waals surface area (Å²) in [5, 5.41) is 1.09. The van der Waals surface area contributed by atoms with Gasteiger partial charge in [-0.2, -0.15) is 0 Å². The van der Waals surface area contributed by atoms with Gasteiger partial charge in [-0.1, -0.05) is 67.6 Å². The van der Waals surface area contributed by atoms with Crippen LogP contribution in [0.3, 0.4) is 0 Å². The average Bonchev–Trinajstić information content (AvgIpc) is 2.53. The van der Waals surface area contributed by atoms with Crippen LogP contribution in [0, 0.1) is 0 Å². The summed E-state index contributed by atoms with van der Waals surface area (Å²) in [7, 11) is 2.83. The first-order valence-corrected chi connectivity index (χ1v) is 7.20. The normalized spacial score (nSPS) is 12.1. The first kappa shape index (κ1) is 11.4. The smallest absolute Gasteiger partial charge is 0.147 e. The average molecular weight is 297 g/mol. The SMILES string of the molecule is Clc1ccccc1N=c1ssc(Cl)c1Cl. The molecule has 1 heterocycles. The van der Waals surface area contributed by atoms with Crippen molar-refractivity contribution in [2.75, 3.05) is 0 Å². The minimum Gasteiger partial charge on any atom is -0.234 e. The zero-order valence-corrected chi connectivity index (χ0v) is 11.1. The molecular weight excluding hydrogens is 293 g/mol. The molecule has 0 radical (unpaired) electrons. The largest absolute Gasteiger partial charge is 0.234 e. The van der Waals surface area contributed by atoms with Crippen molar-refractivity contribution in [2.24, 2.45) is 4.99 Å². The Hall–Kier alpha value is -0.0600. The maximum atomic E-state index is 5.97. The van der Waals surface area contributed by atoms with E-state index in [9.17, 15) is 0 Å². The minimum atomic E-state index is 0.492. The van der Waals surface area contributed by atoms with Gasteiger partial charge >= 0.3 is 0 Å². The molecule has 0 aliphatic rings. The van der Waals surface area contributed by atoms with Crippen LogP contribution in [0.1, 0.15) is 0 Å². The van der Waals surface area contributed by atoms with Gasteiger partial charge in [-0.3, -0.25) is 0 Å². The topological polar surface area (TPSA) is 12.4 Å². The quantitative estimate of drug-likeness (QED) is 0.657. The molecule has 6 heteroatoms. The number of benzene rings is 1. The monoisotopic (exact) mass is 295 g/mol. The van der Waals surface area contributed by atoms with Crippen LogP contribution in [0.2, 0.25) is 14.4 Å². The van der Waals surface area contributed by atoms with E-state index in [-0.39, 0.29) is 0 Å². The standard InChI is InChI=1S/C9H4Cl3NS2/c10-5-3-1-2-4-6(5)13-9-7(11)8(12)14-15-9/h1-4H. The summed E-state index contributed by atoms with van der Waals surface area (Å²) in [6.07, 6.45) is 0. The fourth-order valence-corrected chi connectivity index (χ4v) is 3.87. The molecule has 1 aromatic carbocycles. The Morgan fingerprint density at radius 2 is 1.73 bits per heavy atom. The molecule has 15 heavy (non-hydrogen) atoms. The summed E-state index contributed by atoms with van der Waals surface area (Å²) < 4.78 is 1.26. The Morgan fingerprint density at radius 1 is 1.00 bits per heavy atom. The van der Waals surface area contributed by atoms with Crippen molar-refractivity contribution < 1.29 is 0 Å². The summed E-state index contributed by atoms with van der Waals surface area (Å²) in [6, 6.07) is 7.34. The highest BCUT2D eigenvalue weighted by atomic mass is 35.5. The fourth-order valence-electron chi connectivity index (χ4n) is 0.953. The van der Waals surface area contributed by atoms with Gasteiger partial charge in [-0.05, 0) is 12.1 Å². The number of nitrogens with zero attached hydrogens (tertiary/aromatic N) is 1. The number of para-hydroxylation sites is 1. The molecule has 2 aromatic rings. The Labute approximate surface area is 109 Å². The van der Waals surface area contributed by atoms with Crippen molar-refractivity contribution in [3.63, 3.8) is 0 Å². The number of hydrogen-bond acceptors (Lipinski definition) is 3. The van der Waals surface area contributed by atoms with Crippen LogP contribution in [0.15, 0.2) is 29.3 Å². The first-order valence-electron chi connectivity index (χ1n) is 3.92. The zero-order valence-electron chi connectivity index (χ0n) is 7.21. The predicted octanol–water partition coefficient (Wildman–Crippen LogP) is 5.00. The molecule has 0 bridgehead atoms. The molecule has 0 amide bonds. The lowest BCUT2D eigenvalue weighted by Gasteiger charge is -1.94. The van der Waals surface area contributed by atoms with Crippen LogP contribution in [0.4, 0.5) is 5.69 Å². The van der Waals surface area contributed by atoms with E-state index in [1.54, 1.807) is 6.07 Å². The number of hydrogen-bond donors (Lipinski definition) is 0. The van der Waals surface area contributed by atoms with Crippen LogP contribution in [-0.2, 0) is 0 Å². The van der Waals surface area contributed by atoms with Crippen LogP contribution >= 0.6 is 55.5 Å². The molecule has 0 unspecified atom stereocenters. The van der Waals surface area contributed by atoms with E-state index in [1.807, 2.05) is 18.2 Å². The maximum Gasteiger partial charge on any atom is 0.147 e. The Bertz CT molecular complexity index is 544. The molecule has 0 aliphatic heterocycles. The van der Waals surface area contributed by atoms with Gasteiger partial charge in [0, 0.05) is 0 Å². The molecule has 0 saturated carbocycles. The number of rotatable bonds is 1. The Morgan fingerprint density at radius 3 is 2.33 bits per heavy atom. The molecule has 2 rings (SSSR count). The third kappa shape index (κ3) is 2.55. The second-order valence-electron chi connectivity index (χ2n) is 2.62. The molecule has 1 aromatic heterocycles. The van der Waals surface area contributed by atoms with Gasteiger partial charge < -0.3 is 0 Å². The van der Waals surface area contributed by atoms with Crippen molar-refractivity contribution in [1.29, 1.82) is 0 Å². The van der Waals surface area contributed by atoms with Gasteiger partial charge in [0.25, 0.3) is 0 Å². The number of halogens is 3. The van der Waals surface area contributed by atoms with Crippen molar-refractivity contribution in [3.8, 4) is 0 Å². The van der Waals surface area contributed by atoms with Crippen molar-refractivity contribution in [2.45, 2.75) is 0 Å². The summed E-state index contributed by atoms with van der Waals surface area (Å²) in [4.78, 5) is 4.34. The summed E-state index contributed by atoms with van der Waals surface area (Å²) in [5.41, 5.74) is 0.701. The molecular formula is C9H4Cl3NS2. The lowest BCUT2D eigenvalue weighted by molar-refractivity contribution is 1.41. The maximum absolute atomic E-state index is 5.97. The van der Waals surface area contributed by atoms with E-state index >= 15 is 0 Å². The molecule has 0 saturated heterocycles. The van der Waals surface area contributed by atoms with Crippen LogP contribution in [0.25, 0.3) is 0 Å². The van der Waals surface area contributed by atoms with Gasteiger partial charge in [0.15, 0.2) is 0 Å². The molecule has 0 spiro atoms. The highest BCUT2D eigenvalue weighted by Gasteiger charge is 2.04. The van der Waals surface area contributed by atoms with Crippen LogP contribution < -0.4 is 4.67 Å². The molecule has 78 valence electrons. The molecule has 0 N–H and O–H groups in total. The van der Waals surface area contributed by atoms with E-state index in [0.717, 1.165) is 0 Å². The van der Waals surface area contributed by atoms with Gasteiger partial charge in [0.2, 0.25) is 0 Å². The first-order chi connectivity index (χ1) is 7.18. The molecule has 1 nitrogen and oxygen atoms in total. The van der Waals surface area contributed by atoms with E-state index in [2.05, 4.69) is 4.99 Å². The van der Waals surface area contributed by atoms with E-state index in [0.29, 0.717) is 24.7 Å². The van der Waals surface area contributed by atoms with Crippen molar-refractivity contribution in [1.82, 2.24) is 0 Å². The minimum absolute atomic E-state index is 0.492. The fraction of sp³-hybridized carbons (Fsp3) is 0. The lowest BCUT2D eigenvalue weighted by atomic mass is 10.3. The summed E-state index contributed by atoms with van der Waals surface area (Å²) >= 11 is 17.8. The van der Waals surface area contributed by atoms with Crippen molar-refractivity contribution in [3.05, 3.63) is 43.3 Å². The Kier molecular flexibility index (Phi) is 3.69. The highest BCUT2D eigenvalue weighted by molar-refractivity contribution is 7.69. The van der Waals surface area contributed by atoms with Gasteiger partial charge in [0.1, 0.15) is 14.0 Å². The lowest BCUT2D eigenvalue weighted by Crippen LogP contribution is -1.91. The van der Waals surface area contributed by atoms with E-state index in [4.69, 9.17) is 34.8 Å². The predicted molar refractivity (Wildman–Crippen MR) is 68.9 cm³/mol. The van der Waals surface area contributed by atoms with E-state index < -0.39 is 0 Å². The second-order valence-corrected chi connectivity index (χ2v) is 6.14. The van der Waals surface area contributed by atoms with Gasteiger partial charge in [-0.25, -0.2) is 4.99 Å². The summed E-state index contributed by atoms with van der Waals surface area (Å²) in [6.45, 7) is 0. The second kappa shape index (κ2) is 4.85. The zero-order chi connectivity index (χ0) is 10.8. The third-order valence-electron chi connectivity index (χ3n) is 1.63.